The first-order chi connectivity index (χ1) is 14.2. The average molecular weight is 444 g/mol. The second-order valence-corrected chi connectivity index (χ2v) is 11.2. The minimum Gasteiger partial charge on any atom is -0.298 e. The zero-order valence-corrected chi connectivity index (χ0v) is 18.9. The van der Waals surface area contributed by atoms with Gasteiger partial charge in [-0.15, -0.1) is 0 Å². The molecule has 6 nitrogen and oxygen atoms in total. The molecule has 2 unspecified atom stereocenters. The van der Waals surface area contributed by atoms with Crippen molar-refractivity contribution in [3.05, 3.63) is 53.6 Å². The van der Waals surface area contributed by atoms with Crippen LogP contribution < -0.4 is 5.32 Å². The van der Waals surface area contributed by atoms with Gasteiger partial charge in [-0.25, -0.2) is 13.4 Å². The maximum Gasteiger partial charge on any atom is 0.257 e. The highest BCUT2D eigenvalue weighted by molar-refractivity contribution is 7.89. The van der Waals surface area contributed by atoms with Gasteiger partial charge in [0, 0.05) is 18.7 Å². The summed E-state index contributed by atoms with van der Waals surface area (Å²) >= 11 is 1.42. The van der Waals surface area contributed by atoms with Crippen molar-refractivity contribution in [1.82, 2.24) is 9.29 Å². The lowest BCUT2D eigenvalue weighted by atomic mass is 9.94. The lowest BCUT2D eigenvalue weighted by molar-refractivity contribution is 0.102. The van der Waals surface area contributed by atoms with E-state index in [0.29, 0.717) is 35.6 Å². The zero-order valence-electron chi connectivity index (χ0n) is 17.3. The fourth-order valence-electron chi connectivity index (χ4n) is 3.98. The van der Waals surface area contributed by atoms with Crippen LogP contribution in [0.15, 0.2) is 47.4 Å². The van der Waals surface area contributed by atoms with E-state index in [1.807, 2.05) is 25.1 Å². The van der Waals surface area contributed by atoms with Gasteiger partial charge in [0.2, 0.25) is 10.0 Å². The van der Waals surface area contributed by atoms with Crippen LogP contribution in [0.1, 0.15) is 36.2 Å². The second-order valence-electron chi connectivity index (χ2n) is 8.24. The highest BCUT2D eigenvalue weighted by Crippen LogP contribution is 2.28. The van der Waals surface area contributed by atoms with Crippen LogP contribution >= 0.6 is 11.3 Å². The maximum absolute atomic E-state index is 13.0. The number of piperidine rings is 1. The summed E-state index contributed by atoms with van der Waals surface area (Å²) < 4.78 is 28.6. The van der Waals surface area contributed by atoms with Crippen molar-refractivity contribution in [2.24, 2.45) is 11.8 Å². The fraction of sp³-hybridized carbons (Fsp3) is 0.364. The molecule has 0 bridgehead atoms. The molecule has 2 atom stereocenters. The summed E-state index contributed by atoms with van der Waals surface area (Å²) in [5, 5.41) is 3.33. The summed E-state index contributed by atoms with van der Waals surface area (Å²) in [4.78, 5) is 17.3. The van der Waals surface area contributed by atoms with Crippen LogP contribution in [0.5, 0.6) is 0 Å². The van der Waals surface area contributed by atoms with Crippen molar-refractivity contribution in [2.45, 2.75) is 32.1 Å². The Kier molecular flexibility index (Phi) is 5.65. The molecule has 3 aromatic rings. The SMILES string of the molecule is Cc1ccc2nc(NC(=O)c3ccc(S(=O)(=O)N4CC(C)CC(C)C4)cc3)sc2c1. The summed E-state index contributed by atoms with van der Waals surface area (Å²) in [5.74, 6) is 0.368. The monoisotopic (exact) mass is 443 g/mol. The number of aryl methyl sites for hydroxylation is 1. The second kappa shape index (κ2) is 8.09. The van der Waals surface area contributed by atoms with E-state index >= 15 is 0 Å². The quantitative estimate of drug-likeness (QED) is 0.643. The number of anilines is 1. The van der Waals surface area contributed by atoms with Gasteiger partial charge in [0.25, 0.3) is 5.91 Å². The highest BCUT2D eigenvalue weighted by atomic mass is 32.2. The molecule has 0 spiro atoms. The third-order valence-electron chi connectivity index (χ3n) is 5.35. The van der Waals surface area contributed by atoms with Crippen molar-refractivity contribution >= 4 is 42.6 Å². The number of carbonyl (C=O) groups is 1. The first kappa shape index (κ1) is 21.0. The predicted molar refractivity (Wildman–Crippen MR) is 120 cm³/mol. The predicted octanol–water partition coefficient (Wildman–Crippen LogP) is 4.52. The van der Waals surface area contributed by atoms with Crippen molar-refractivity contribution in [3.8, 4) is 0 Å². The molecule has 2 aromatic carbocycles. The number of benzene rings is 2. The van der Waals surface area contributed by atoms with E-state index in [1.165, 1.54) is 23.5 Å². The number of rotatable bonds is 4. The molecule has 1 aromatic heterocycles. The number of amides is 1. The highest BCUT2D eigenvalue weighted by Gasteiger charge is 2.31. The Hall–Kier alpha value is -2.29. The van der Waals surface area contributed by atoms with Crippen molar-refractivity contribution in [3.63, 3.8) is 0 Å². The molecule has 1 N–H and O–H groups in total. The molecule has 1 aliphatic rings. The van der Waals surface area contributed by atoms with Gasteiger partial charge in [0.1, 0.15) is 0 Å². The fourth-order valence-corrected chi connectivity index (χ4v) is 6.62. The van der Waals surface area contributed by atoms with Gasteiger partial charge in [-0.1, -0.05) is 31.3 Å². The van der Waals surface area contributed by atoms with Gasteiger partial charge in [0.05, 0.1) is 15.1 Å². The molecule has 1 amide bonds. The molecule has 4 rings (SSSR count). The third kappa shape index (κ3) is 4.26. The maximum atomic E-state index is 13.0. The van der Waals surface area contributed by atoms with Crippen LogP contribution in [0.2, 0.25) is 0 Å². The number of nitrogens with zero attached hydrogens (tertiary/aromatic N) is 2. The van der Waals surface area contributed by atoms with E-state index in [0.717, 1.165) is 22.2 Å². The summed E-state index contributed by atoms with van der Waals surface area (Å²) in [6, 6.07) is 12.1. The van der Waals surface area contributed by atoms with Gasteiger partial charge in [0.15, 0.2) is 5.13 Å². The van der Waals surface area contributed by atoms with E-state index in [9.17, 15) is 13.2 Å². The number of thiazole rings is 1. The molecule has 8 heteroatoms. The van der Waals surface area contributed by atoms with E-state index < -0.39 is 10.0 Å². The number of hydrogen-bond donors (Lipinski definition) is 1. The molecule has 158 valence electrons. The number of hydrogen-bond acceptors (Lipinski definition) is 5. The first-order valence-corrected chi connectivity index (χ1v) is 12.3. The molecule has 0 saturated carbocycles. The van der Waals surface area contributed by atoms with Gasteiger partial charge >= 0.3 is 0 Å². The Balaban J connectivity index is 1.50. The zero-order chi connectivity index (χ0) is 21.5. The number of sulfonamides is 1. The molecular weight excluding hydrogens is 418 g/mol. The Bertz CT molecular complexity index is 1180. The average Bonchev–Trinajstić information content (AvgIpc) is 3.08. The smallest absolute Gasteiger partial charge is 0.257 e. The van der Waals surface area contributed by atoms with Crippen LogP contribution in [-0.2, 0) is 10.0 Å². The van der Waals surface area contributed by atoms with Crippen molar-refractivity contribution in [1.29, 1.82) is 0 Å². The third-order valence-corrected chi connectivity index (χ3v) is 8.13. The Morgan fingerprint density at radius 3 is 2.43 bits per heavy atom. The Morgan fingerprint density at radius 1 is 1.10 bits per heavy atom. The number of fused-ring (bicyclic) bond motifs is 1. The van der Waals surface area contributed by atoms with Gasteiger partial charge < -0.3 is 0 Å². The van der Waals surface area contributed by atoms with Crippen molar-refractivity contribution in [2.75, 3.05) is 18.4 Å². The Morgan fingerprint density at radius 2 is 1.77 bits per heavy atom. The van der Waals surface area contributed by atoms with Crippen LogP contribution in [-0.4, -0.2) is 36.7 Å². The molecule has 1 saturated heterocycles. The van der Waals surface area contributed by atoms with E-state index in [4.69, 9.17) is 0 Å². The van der Waals surface area contributed by atoms with Crippen LogP contribution in [0.3, 0.4) is 0 Å². The number of carbonyl (C=O) groups excluding carboxylic acids is 1. The summed E-state index contributed by atoms with van der Waals surface area (Å²) in [6.45, 7) is 7.24. The van der Waals surface area contributed by atoms with Gasteiger partial charge in [-0.05, 0) is 67.1 Å². The molecule has 30 heavy (non-hydrogen) atoms. The normalized spacial score (nSPS) is 20.4. The van der Waals surface area contributed by atoms with Crippen LogP contribution in [0.4, 0.5) is 5.13 Å². The van der Waals surface area contributed by atoms with E-state index in [-0.39, 0.29) is 10.8 Å². The summed E-state index contributed by atoms with van der Waals surface area (Å²) in [6.07, 6.45) is 1.04. The minimum absolute atomic E-state index is 0.218. The van der Waals surface area contributed by atoms with E-state index in [1.54, 1.807) is 16.4 Å². The molecule has 0 aliphatic carbocycles. The van der Waals surface area contributed by atoms with Gasteiger partial charge in [-0.3, -0.25) is 10.1 Å². The Labute approximate surface area is 181 Å². The number of aromatic nitrogens is 1. The van der Waals surface area contributed by atoms with Crippen molar-refractivity contribution < 1.29 is 13.2 Å². The molecule has 1 fully saturated rings. The molecule has 0 radical (unpaired) electrons. The topological polar surface area (TPSA) is 79.4 Å². The molecule has 1 aliphatic heterocycles. The molecular formula is C22H25N3O3S2. The minimum atomic E-state index is -3.56. The van der Waals surface area contributed by atoms with Crippen LogP contribution in [0.25, 0.3) is 10.2 Å². The standard InChI is InChI=1S/C22H25N3O3S2/c1-14-4-9-19-20(11-14)29-22(23-19)24-21(26)17-5-7-18(8-6-17)30(27,28)25-12-15(2)10-16(3)13-25/h4-9,11,15-16H,10,12-13H2,1-3H3,(H,23,24,26). The summed E-state index contributed by atoms with van der Waals surface area (Å²) in [7, 11) is -3.56. The largest absolute Gasteiger partial charge is 0.298 e. The lowest BCUT2D eigenvalue weighted by Crippen LogP contribution is -2.42. The lowest BCUT2D eigenvalue weighted by Gasteiger charge is -2.34. The number of nitrogens with one attached hydrogen (secondary N) is 1. The molecule has 2 heterocycles. The first-order valence-electron chi connectivity index (χ1n) is 10.0. The van der Waals surface area contributed by atoms with Gasteiger partial charge in [-0.2, -0.15) is 4.31 Å². The summed E-state index contributed by atoms with van der Waals surface area (Å²) in [5.41, 5.74) is 2.37. The van der Waals surface area contributed by atoms with E-state index in [2.05, 4.69) is 24.1 Å². The van der Waals surface area contributed by atoms with Crippen LogP contribution in [0, 0.1) is 18.8 Å².